The fourth-order valence-corrected chi connectivity index (χ4v) is 5.35. The number of carbonyl (C=O) groups is 1. The number of fused-ring (bicyclic) bond motifs is 1. The Labute approximate surface area is 204 Å². The van der Waals surface area contributed by atoms with E-state index in [1.165, 1.54) is 0 Å². The molecule has 1 aromatic carbocycles. The Morgan fingerprint density at radius 3 is 2.83 bits per heavy atom. The molecule has 0 spiro atoms. The average molecular weight is 472 g/mol. The monoisotopic (exact) mass is 471 g/mol. The zero-order valence-corrected chi connectivity index (χ0v) is 20.2. The minimum atomic E-state index is -0.340. The minimum Gasteiger partial charge on any atom is -0.490 e. The lowest BCUT2D eigenvalue weighted by molar-refractivity contribution is 0.102. The molecule has 2 aliphatic rings. The van der Waals surface area contributed by atoms with Gasteiger partial charge in [-0.2, -0.15) is 5.26 Å². The Kier molecular flexibility index (Phi) is 5.56. The number of benzene rings is 1. The Balaban J connectivity index is 1.45. The number of nitrogens with zero attached hydrogens (tertiary/aromatic N) is 5. The second-order valence-electron chi connectivity index (χ2n) is 10.2. The van der Waals surface area contributed by atoms with Gasteiger partial charge in [-0.3, -0.25) is 4.79 Å². The molecule has 1 aliphatic heterocycles. The Morgan fingerprint density at radius 1 is 1.34 bits per heavy atom. The summed E-state index contributed by atoms with van der Waals surface area (Å²) < 4.78 is 7.76. The summed E-state index contributed by atoms with van der Waals surface area (Å²) in [6.07, 6.45) is 3.83. The van der Waals surface area contributed by atoms with Crippen molar-refractivity contribution >= 4 is 11.6 Å². The van der Waals surface area contributed by atoms with Crippen LogP contribution in [0.2, 0.25) is 0 Å². The maximum atomic E-state index is 13.2. The molecule has 2 aromatic heterocycles. The SMILES string of the molecule is Cn1cnnc1C1(c2cccc(NC(=O)c3cc(CN)c4c(n3)C(C)(C)CO4)c2)CC(CC#N)C1. The molecule has 35 heavy (non-hydrogen) atoms. The van der Waals surface area contributed by atoms with Crippen LogP contribution in [-0.2, 0) is 24.4 Å². The van der Waals surface area contributed by atoms with E-state index in [9.17, 15) is 4.79 Å². The number of carbonyl (C=O) groups excluding carboxylic acids is 1. The summed E-state index contributed by atoms with van der Waals surface area (Å²) in [5.74, 6) is 1.57. The van der Waals surface area contributed by atoms with Crippen LogP contribution in [0.4, 0.5) is 5.69 Å². The van der Waals surface area contributed by atoms with Crippen molar-refractivity contribution < 1.29 is 9.53 Å². The number of nitrogens with two attached hydrogens (primary N) is 1. The van der Waals surface area contributed by atoms with Gasteiger partial charge in [-0.1, -0.05) is 26.0 Å². The molecule has 0 unspecified atom stereocenters. The van der Waals surface area contributed by atoms with Crippen molar-refractivity contribution in [2.24, 2.45) is 18.7 Å². The Morgan fingerprint density at radius 2 is 2.14 bits per heavy atom. The van der Waals surface area contributed by atoms with Crippen molar-refractivity contribution in [1.29, 1.82) is 5.26 Å². The first-order valence-corrected chi connectivity index (χ1v) is 11.8. The first kappa shape index (κ1) is 23.0. The molecule has 9 nitrogen and oxygen atoms in total. The van der Waals surface area contributed by atoms with Crippen molar-refractivity contribution in [2.75, 3.05) is 11.9 Å². The zero-order valence-electron chi connectivity index (χ0n) is 20.2. The number of aryl methyl sites for hydroxylation is 1. The topological polar surface area (TPSA) is 132 Å². The van der Waals surface area contributed by atoms with Gasteiger partial charge in [0.1, 0.15) is 23.6 Å². The van der Waals surface area contributed by atoms with Gasteiger partial charge in [0, 0.05) is 36.7 Å². The van der Waals surface area contributed by atoms with Crippen molar-refractivity contribution in [3.63, 3.8) is 0 Å². The van der Waals surface area contributed by atoms with E-state index in [-0.39, 0.29) is 23.3 Å². The van der Waals surface area contributed by atoms with Gasteiger partial charge in [0.25, 0.3) is 5.91 Å². The molecule has 3 N–H and O–H groups in total. The highest BCUT2D eigenvalue weighted by atomic mass is 16.5. The van der Waals surface area contributed by atoms with Crippen LogP contribution >= 0.6 is 0 Å². The number of hydrogen-bond acceptors (Lipinski definition) is 7. The molecule has 5 rings (SSSR count). The van der Waals surface area contributed by atoms with E-state index < -0.39 is 0 Å². The molecule has 0 atom stereocenters. The molecule has 3 aromatic rings. The summed E-state index contributed by atoms with van der Waals surface area (Å²) in [6, 6.07) is 11.8. The molecule has 3 heterocycles. The Hall–Kier alpha value is -3.77. The van der Waals surface area contributed by atoms with Crippen LogP contribution in [-0.4, -0.2) is 32.3 Å². The van der Waals surface area contributed by atoms with Crippen molar-refractivity contribution in [1.82, 2.24) is 19.7 Å². The fraction of sp³-hybridized carbons (Fsp3) is 0.423. The van der Waals surface area contributed by atoms with Crippen LogP contribution in [0.15, 0.2) is 36.7 Å². The van der Waals surface area contributed by atoms with Crippen LogP contribution in [0, 0.1) is 17.2 Å². The van der Waals surface area contributed by atoms with Crippen LogP contribution in [0.3, 0.4) is 0 Å². The summed E-state index contributed by atoms with van der Waals surface area (Å²) >= 11 is 0. The van der Waals surface area contributed by atoms with Crippen LogP contribution < -0.4 is 15.8 Å². The number of anilines is 1. The number of hydrogen-bond donors (Lipinski definition) is 2. The van der Waals surface area contributed by atoms with Gasteiger partial charge in [-0.25, -0.2) is 4.98 Å². The van der Waals surface area contributed by atoms with Gasteiger partial charge in [0.2, 0.25) is 0 Å². The van der Waals surface area contributed by atoms with E-state index in [1.54, 1.807) is 12.4 Å². The third-order valence-electron chi connectivity index (χ3n) is 7.19. The van der Waals surface area contributed by atoms with Crippen LogP contribution in [0.5, 0.6) is 5.75 Å². The summed E-state index contributed by atoms with van der Waals surface area (Å²) in [4.78, 5) is 17.9. The highest BCUT2D eigenvalue weighted by Gasteiger charge is 2.49. The van der Waals surface area contributed by atoms with E-state index in [4.69, 9.17) is 15.7 Å². The predicted octanol–water partition coefficient (Wildman–Crippen LogP) is 3.20. The number of nitrogens with one attached hydrogen (secondary N) is 1. The largest absolute Gasteiger partial charge is 0.490 e. The lowest BCUT2D eigenvalue weighted by Gasteiger charge is -2.46. The smallest absolute Gasteiger partial charge is 0.274 e. The average Bonchev–Trinajstić information content (AvgIpc) is 3.38. The van der Waals surface area contributed by atoms with E-state index in [1.807, 2.05) is 49.7 Å². The standard InChI is InChI=1S/C26H29N7O2/c1-25(2)14-35-21-17(13-28)9-20(31-22(21)25)23(34)30-19-6-4-5-18(10-19)26(11-16(12-26)7-8-27)24-32-29-15-33(24)3/h4-6,9-10,15-16H,7,11-14,28H2,1-3H3,(H,30,34). The van der Waals surface area contributed by atoms with Crippen molar-refractivity contribution in [2.45, 2.75) is 50.5 Å². The van der Waals surface area contributed by atoms with Gasteiger partial charge in [-0.15, -0.1) is 10.2 Å². The Bertz CT molecular complexity index is 1330. The number of rotatable bonds is 6. The van der Waals surface area contributed by atoms with Crippen molar-refractivity contribution in [3.05, 3.63) is 65.0 Å². The van der Waals surface area contributed by atoms with Gasteiger partial charge >= 0.3 is 0 Å². The lowest BCUT2D eigenvalue weighted by Crippen LogP contribution is -2.44. The van der Waals surface area contributed by atoms with Crippen LogP contribution in [0.1, 0.15) is 66.2 Å². The first-order valence-electron chi connectivity index (χ1n) is 11.8. The summed E-state index contributed by atoms with van der Waals surface area (Å²) in [6.45, 7) is 4.86. The van der Waals surface area contributed by atoms with Crippen LogP contribution in [0.25, 0.3) is 0 Å². The molecular weight excluding hydrogens is 442 g/mol. The number of ether oxygens (including phenoxy) is 1. The fourth-order valence-electron chi connectivity index (χ4n) is 5.35. The molecule has 1 amide bonds. The molecule has 1 fully saturated rings. The van der Waals surface area contributed by atoms with Gasteiger partial charge < -0.3 is 20.4 Å². The second kappa shape index (κ2) is 8.47. The third kappa shape index (κ3) is 3.84. The second-order valence-corrected chi connectivity index (χ2v) is 10.2. The highest BCUT2D eigenvalue weighted by Crippen LogP contribution is 2.53. The molecule has 0 bridgehead atoms. The van der Waals surface area contributed by atoms with Gasteiger partial charge in [0.05, 0.1) is 23.8 Å². The van der Waals surface area contributed by atoms with E-state index in [2.05, 4.69) is 26.6 Å². The zero-order chi connectivity index (χ0) is 24.8. The summed E-state index contributed by atoms with van der Waals surface area (Å²) in [5, 5.41) is 20.6. The number of aromatic nitrogens is 4. The highest BCUT2D eigenvalue weighted by molar-refractivity contribution is 6.03. The molecule has 1 aliphatic carbocycles. The van der Waals surface area contributed by atoms with Gasteiger partial charge in [-0.05, 0) is 42.5 Å². The molecule has 180 valence electrons. The summed E-state index contributed by atoms with van der Waals surface area (Å²) in [7, 11) is 1.93. The number of amides is 1. The minimum absolute atomic E-state index is 0.265. The van der Waals surface area contributed by atoms with E-state index in [0.717, 1.165) is 35.5 Å². The number of pyridine rings is 1. The molecule has 0 saturated heterocycles. The van der Waals surface area contributed by atoms with Crippen molar-refractivity contribution in [3.8, 4) is 11.8 Å². The van der Waals surface area contributed by atoms with Gasteiger partial charge in [0.15, 0.2) is 0 Å². The maximum absolute atomic E-state index is 13.2. The molecule has 9 heteroatoms. The third-order valence-corrected chi connectivity index (χ3v) is 7.19. The quantitative estimate of drug-likeness (QED) is 0.564. The molecule has 1 saturated carbocycles. The normalized spacial score (nSPS) is 22.0. The maximum Gasteiger partial charge on any atom is 0.274 e. The molecule has 0 radical (unpaired) electrons. The predicted molar refractivity (Wildman–Crippen MR) is 130 cm³/mol. The number of nitriles is 1. The van der Waals surface area contributed by atoms with E-state index in [0.29, 0.717) is 36.1 Å². The first-order chi connectivity index (χ1) is 16.8. The van der Waals surface area contributed by atoms with E-state index >= 15 is 0 Å². The summed E-state index contributed by atoms with van der Waals surface area (Å²) in [5.41, 5.74) is 8.88. The molecular formula is C26H29N7O2. The lowest BCUT2D eigenvalue weighted by atomic mass is 9.57.